The molecule has 0 heterocycles. The van der Waals surface area contributed by atoms with Gasteiger partial charge in [-0.3, -0.25) is 4.79 Å². The third-order valence-corrected chi connectivity index (χ3v) is 4.43. The number of aliphatic hydroxyl groups is 1. The van der Waals surface area contributed by atoms with Gasteiger partial charge in [0.05, 0.1) is 4.32 Å². The zero-order chi connectivity index (χ0) is 15.2. The molecule has 3 rings (SSSR count). The lowest BCUT2D eigenvalue weighted by molar-refractivity contribution is -0.119. The highest BCUT2D eigenvalue weighted by molar-refractivity contribution is 9.10. The molecule has 2 nitrogen and oxygen atoms in total. The van der Waals surface area contributed by atoms with E-state index in [2.05, 4.69) is 15.9 Å². The van der Waals surface area contributed by atoms with Crippen molar-refractivity contribution in [3.8, 4) is 11.1 Å². The van der Waals surface area contributed by atoms with Crippen molar-refractivity contribution in [1.82, 2.24) is 0 Å². The molecular formula is C18H17BrO2. The summed E-state index contributed by atoms with van der Waals surface area (Å²) in [6.45, 7) is 3.71. The third-order valence-electron chi connectivity index (χ3n) is 3.98. The largest absolute Gasteiger partial charge is 0.384 e. The Morgan fingerprint density at radius 2 is 1.81 bits per heavy atom. The van der Waals surface area contributed by atoms with Crippen LogP contribution in [0.15, 0.2) is 42.5 Å². The number of carbonyl (C=O) groups excluding carboxylic acids is 1. The molecule has 0 bridgehead atoms. The normalized spacial score (nSPS) is 16.5. The number of halogens is 1. The first-order chi connectivity index (χ1) is 9.88. The summed E-state index contributed by atoms with van der Waals surface area (Å²) in [7, 11) is 0. The lowest BCUT2D eigenvalue weighted by Gasteiger charge is -2.15. The van der Waals surface area contributed by atoms with Crippen LogP contribution in [0.2, 0.25) is 0 Å². The van der Waals surface area contributed by atoms with E-state index in [9.17, 15) is 9.90 Å². The molecule has 1 unspecified atom stereocenters. The molecule has 21 heavy (non-hydrogen) atoms. The molecule has 3 heteroatoms. The highest BCUT2D eigenvalue weighted by atomic mass is 79.9. The second-order valence-corrected chi connectivity index (χ2v) is 7.97. The van der Waals surface area contributed by atoms with E-state index in [1.165, 1.54) is 0 Å². The standard InChI is InChI=1S/C18H17BrO2/c1-18(2,19)16(20)10-11-7-8-13-12-5-3-4-6-14(12)17(21)15(13)9-11/h3-9,17,21H,10H2,1-2H3. The van der Waals surface area contributed by atoms with Crippen LogP contribution < -0.4 is 0 Å². The van der Waals surface area contributed by atoms with E-state index in [0.29, 0.717) is 6.42 Å². The van der Waals surface area contributed by atoms with Crippen LogP contribution in [-0.4, -0.2) is 15.2 Å². The lowest BCUT2D eigenvalue weighted by atomic mass is 9.97. The average Bonchev–Trinajstić information content (AvgIpc) is 2.72. The topological polar surface area (TPSA) is 37.3 Å². The number of benzene rings is 2. The molecule has 0 radical (unpaired) electrons. The van der Waals surface area contributed by atoms with Gasteiger partial charge in [0.2, 0.25) is 0 Å². The summed E-state index contributed by atoms with van der Waals surface area (Å²) in [6.07, 6.45) is -0.225. The molecule has 1 atom stereocenters. The second-order valence-electron chi connectivity index (χ2n) is 5.98. The Hall–Kier alpha value is -1.45. The van der Waals surface area contributed by atoms with Gasteiger partial charge in [0, 0.05) is 6.42 Å². The van der Waals surface area contributed by atoms with Crippen molar-refractivity contribution < 1.29 is 9.90 Å². The van der Waals surface area contributed by atoms with Gasteiger partial charge in [-0.2, -0.15) is 0 Å². The van der Waals surface area contributed by atoms with Gasteiger partial charge in [-0.05, 0) is 41.7 Å². The zero-order valence-electron chi connectivity index (χ0n) is 12.1. The maximum Gasteiger partial charge on any atom is 0.153 e. The fraction of sp³-hybridized carbons (Fsp3) is 0.278. The molecule has 108 valence electrons. The van der Waals surface area contributed by atoms with Crippen molar-refractivity contribution in [2.75, 3.05) is 0 Å². The molecule has 0 fully saturated rings. The highest BCUT2D eigenvalue weighted by Gasteiger charge is 2.28. The summed E-state index contributed by atoms with van der Waals surface area (Å²) in [5.74, 6) is 0.132. The van der Waals surface area contributed by atoms with Crippen molar-refractivity contribution in [2.45, 2.75) is 30.7 Å². The first-order valence-electron chi connectivity index (χ1n) is 7.00. The van der Waals surface area contributed by atoms with Gasteiger partial charge >= 0.3 is 0 Å². The number of carbonyl (C=O) groups is 1. The highest BCUT2D eigenvalue weighted by Crippen LogP contribution is 2.43. The van der Waals surface area contributed by atoms with Crippen LogP contribution in [0.4, 0.5) is 0 Å². The molecule has 1 N–H and O–H groups in total. The van der Waals surface area contributed by atoms with Crippen LogP contribution in [0.3, 0.4) is 0 Å². The summed E-state index contributed by atoms with van der Waals surface area (Å²) < 4.78 is -0.520. The molecule has 1 aliphatic carbocycles. The number of rotatable bonds is 3. The Morgan fingerprint density at radius 3 is 2.52 bits per heavy atom. The predicted octanol–water partition coefficient (Wildman–Crippen LogP) is 4.03. The Kier molecular flexibility index (Phi) is 3.50. The van der Waals surface area contributed by atoms with Gasteiger partial charge in [0.25, 0.3) is 0 Å². The summed E-state index contributed by atoms with van der Waals surface area (Å²) in [6, 6.07) is 13.8. The number of Topliss-reactive ketones (excluding diaryl/α,β-unsaturated/α-hetero) is 1. The molecule has 0 saturated heterocycles. The van der Waals surface area contributed by atoms with E-state index in [-0.39, 0.29) is 5.78 Å². The van der Waals surface area contributed by atoms with Crippen LogP contribution >= 0.6 is 15.9 Å². The SMILES string of the molecule is CC(C)(Br)C(=O)Cc1ccc2c(c1)C(O)c1ccccc1-2. The van der Waals surface area contributed by atoms with Gasteiger partial charge in [0.1, 0.15) is 6.10 Å². The molecule has 2 aromatic rings. The molecule has 2 aromatic carbocycles. The third kappa shape index (κ3) is 2.56. The summed E-state index contributed by atoms with van der Waals surface area (Å²) in [5, 5.41) is 10.5. The number of ketones is 1. The molecule has 0 saturated carbocycles. The number of aliphatic hydroxyl groups excluding tert-OH is 1. The first kappa shape index (κ1) is 14.5. The van der Waals surface area contributed by atoms with E-state index in [1.807, 2.05) is 56.3 Å². The van der Waals surface area contributed by atoms with E-state index in [1.54, 1.807) is 0 Å². The minimum Gasteiger partial charge on any atom is -0.384 e. The second kappa shape index (κ2) is 5.08. The molecule has 1 aliphatic rings. The maximum absolute atomic E-state index is 12.1. The monoisotopic (exact) mass is 344 g/mol. The summed E-state index contributed by atoms with van der Waals surface area (Å²) in [5.41, 5.74) is 4.93. The molecular weight excluding hydrogens is 328 g/mol. The first-order valence-corrected chi connectivity index (χ1v) is 7.79. The van der Waals surface area contributed by atoms with Crippen LogP contribution in [0.25, 0.3) is 11.1 Å². The number of alkyl halides is 1. The Morgan fingerprint density at radius 1 is 1.14 bits per heavy atom. The van der Waals surface area contributed by atoms with Gasteiger partial charge in [-0.25, -0.2) is 0 Å². The Balaban J connectivity index is 1.96. The van der Waals surface area contributed by atoms with E-state index < -0.39 is 10.4 Å². The zero-order valence-corrected chi connectivity index (χ0v) is 13.6. The van der Waals surface area contributed by atoms with Crippen LogP contribution in [0.5, 0.6) is 0 Å². The molecule has 0 spiro atoms. The molecule has 0 aromatic heterocycles. The summed E-state index contributed by atoms with van der Waals surface area (Å²) >= 11 is 3.40. The van der Waals surface area contributed by atoms with Crippen LogP contribution in [0, 0.1) is 0 Å². The maximum atomic E-state index is 12.1. The van der Waals surface area contributed by atoms with Crippen molar-refractivity contribution in [2.24, 2.45) is 0 Å². The molecule has 0 amide bonds. The average molecular weight is 345 g/mol. The van der Waals surface area contributed by atoms with Crippen molar-refractivity contribution in [1.29, 1.82) is 0 Å². The fourth-order valence-electron chi connectivity index (χ4n) is 2.74. The van der Waals surface area contributed by atoms with E-state index in [4.69, 9.17) is 0 Å². The minimum absolute atomic E-state index is 0.132. The van der Waals surface area contributed by atoms with Crippen molar-refractivity contribution in [3.63, 3.8) is 0 Å². The Bertz CT molecular complexity index is 713. The summed E-state index contributed by atoms with van der Waals surface area (Å²) in [4.78, 5) is 12.1. The van der Waals surface area contributed by atoms with Crippen LogP contribution in [0.1, 0.15) is 36.6 Å². The van der Waals surface area contributed by atoms with Crippen molar-refractivity contribution in [3.05, 3.63) is 59.2 Å². The number of fused-ring (bicyclic) bond motifs is 3. The van der Waals surface area contributed by atoms with Crippen molar-refractivity contribution >= 4 is 21.7 Å². The lowest BCUT2D eigenvalue weighted by Crippen LogP contribution is -2.25. The minimum atomic E-state index is -0.594. The number of hydrogen-bond acceptors (Lipinski definition) is 2. The number of hydrogen-bond donors (Lipinski definition) is 1. The van der Waals surface area contributed by atoms with E-state index in [0.717, 1.165) is 27.8 Å². The Labute approximate surface area is 132 Å². The van der Waals surface area contributed by atoms with Gasteiger partial charge in [-0.15, -0.1) is 0 Å². The van der Waals surface area contributed by atoms with Crippen LogP contribution in [-0.2, 0) is 11.2 Å². The van der Waals surface area contributed by atoms with E-state index >= 15 is 0 Å². The predicted molar refractivity (Wildman–Crippen MR) is 87.7 cm³/mol. The molecule has 0 aliphatic heterocycles. The quantitative estimate of drug-likeness (QED) is 0.853. The fourth-order valence-corrected chi connectivity index (χ4v) is 2.88. The van der Waals surface area contributed by atoms with Gasteiger partial charge in [0.15, 0.2) is 5.78 Å². The van der Waals surface area contributed by atoms with Gasteiger partial charge < -0.3 is 5.11 Å². The smallest absolute Gasteiger partial charge is 0.153 e. The van der Waals surface area contributed by atoms with Gasteiger partial charge in [-0.1, -0.05) is 58.4 Å².